The molecule has 3 aromatic carbocycles. The number of benzene rings is 3. The van der Waals surface area contributed by atoms with Crippen molar-refractivity contribution in [2.24, 2.45) is 0 Å². The van der Waals surface area contributed by atoms with Crippen molar-refractivity contribution in [1.29, 1.82) is 5.26 Å². The summed E-state index contributed by atoms with van der Waals surface area (Å²) in [6, 6.07) is 23.3. The van der Waals surface area contributed by atoms with Crippen molar-refractivity contribution >= 4 is 6.09 Å². The highest BCUT2D eigenvalue weighted by Crippen LogP contribution is 2.36. The maximum atomic E-state index is 11.8. The zero-order valence-corrected chi connectivity index (χ0v) is 15.7. The Morgan fingerprint density at radius 3 is 2.52 bits per heavy atom. The molecule has 6 heteroatoms. The molecule has 0 radical (unpaired) electrons. The fourth-order valence-corrected chi connectivity index (χ4v) is 2.73. The van der Waals surface area contributed by atoms with Crippen LogP contribution >= 0.6 is 0 Å². The Balaban J connectivity index is 1.56. The highest BCUT2D eigenvalue weighted by Gasteiger charge is 2.12. The zero-order chi connectivity index (χ0) is 20.5. The average Bonchev–Trinajstić information content (AvgIpc) is 2.76. The zero-order valence-electron chi connectivity index (χ0n) is 15.7. The van der Waals surface area contributed by atoms with Crippen LogP contribution in [-0.4, -0.2) is 24.4 Å². The number of ether oxygens (including phenoxy) is 2. The molecule has 0 aliphatic rings. The molecule has 0 atom stereocenters. The number of rotatable bonds is 7. The van der Waals surface area contributed by atoms with Gasteiger partial charge in [-0.2, -0.15) is 5.26 Å². The number of hydrogen-bond donors (Lipinski definition) is 2. The quantitative estimate of drug-likeness (QED) is 0.591. The molecule has 2 N–H and O–H groups in total. The van der Waals surface area contributed by atoms with Crippen LogP contribution in [0.3, 0.4) is 0 Å². The Kier molecular flexibility index (Phi) is 6.69. The number of carbonyl (C=O) groups excluding carboxylic acids is 1. The van der Waals surface area contributed by atoms with Crippen LogP contribution in [0, 0.1) is 11.3 Å². The van der Waals surface area contributed by atoms with Crippen molar-refractivity contribution < 1.29 is 19.4 Å². The smallest absolute Gasteiger partial charge is 0.407 e. The molecule has 0 spiro atoms. The number of phenols is 1. The number of nitrogens with zero attached hydrogens (tertiary/aromatic N) is 1. The van der Waals surface area contributed by atoms with E-state index in [0.29, 0.717) is 22.4 Å². The van der Waals surface area contributed by atoms with Crippen LogP contribution in [0.15, 0.2) is 72.8 Å². The Morgan fingerprint density at radius 2 is 1.76 bits per heavy atom. The number of hydrogen-bond acceptors (Lipinski definition) is 5. The van der Waals surface area contributed by atoms with E-state index in [-0.39, 0.29) is 25.5 Å². The van der Waals surface area contributed by atoms with Gasteiger partial charge in [-0.05, 0) is 29.8 Å². The largest absolute Gasteiger partial charge is 0.507 e. The highest BCUT2D eigenvalue weighted by molar-refractivity contribution is 5.76. The third-order valence-electron chi connectivity index (χ3n) is 4.14. The molecule has 146 valence electrons. The number of aromatic hydroxyl groups is 1. The van der Waals surface area contributed by atoms with E-state index >= 15 is 0 Å². The van der Waals surface area contributed by atoms with Crippen LogP contribution in [0.1, 0.15) is 11.1 Å². The first-order valence-electron chi connectivity index (χ1n) is 9.07. The Bertz CT molecular complexity index is 1010. The number of carbonyl (C=O) groups is 1. The van der Waals surface area contributed by atoms with E-state index in [2.05, 4.69) is 11.4 Å². The third-order valence-corrected chi connectivity index (χ3v) is 4.14. The van der Waals surface area contributed by atoms with Crippen molar-refractivity contribution in [2.75, 3.05) is 13.2 Å². The van der Waals surface area contributed by atoms with Crippen LogP contribution < -0.4 is 10.1 Å². The first-order chi connectivity index (χ1) is 14.2. The summed E-state index contributed by atoms with van der Waals surface area (Å²) in [4.78, 5) is 11.8. The SMILES string of the molecule is N#Cc1ccc(OCCNC(=O)OCc2ccccc2)c(-c2ccccc2O)c1. The predicted octanol–water partition coefficient (Wildman–Crippen LogP) is 4.24. The highest BCUT2D eigenvalue weighted by atomic mass is 16.5. The van der Waals surface area contributed by atoms with Crippen molar-refractivity contribution in [1.82, 2.24) is 5.32 Å². The lowest BCUT2D eigenvalue weighted by molar-refractivity contribution is 0.137. The lowest BCUT2D eigenvalue weighted by atomic mass is 10.0. The number of para-hydroxylation sites is 1. The van der Waals surface area contributed by atoms with Crippen molar-refractivity contribution in [2.45, 2.75) is 6.61 Å². The molecule has 1 amide bonds. The maximum Gasteiger partial charge on any atom is 0.407 e. The number of amides is 1. The van der Waals surface area contributed by atoms with Crippen molar-refractivity contribution in [3.05, 3.63) is 83.9 Å². The molecule has 0 saturated carbocycles. The van der Waals surface area contributed by atoms with Crippen LogP contribution in [0.2, 0.25) is 0 Å². The lowest BCUT2D eigenvalue weighted by Gasteiger charge is -2.13. The summed E-state index contributed by atoms with van der Waals surface area (Å²) in [5.41, 5.74) is 2.53. The van der Waals surface area contributed by atoms with Crippen molar-refractivity contribution in [3.63, 3.8) is 0 Å². The van der Waals surface area contributed by atoms with Gasteiger partial charge in [-0.25, -0.2) is 4.79 Å². The second kappa shape index (κ2) is 9.81. The summed E-state index contributed by atoms with van der Waals surface area (Å²) in [5.74, 6) is 0.597. The number of nitrogens with one attached hydrogen (secondary N) is 1. The van der Waals surface area contributed by atoms with E-state index in [9.17, 15) is 9.90 Å². The van der Waals surface area contributed by atoms with Crippen LogP contribution in [0.5, 0.6) is 11.5 Å². The van der Waals surface area contributed by atoms with E-state index in [1.807, 2.05) is 30.3 Å². The molecule has 3 rings (SSSR count). The number of nitriles is 1. The number of alkyl carbamates (subject to hydrolysis) is 1. The summed E-state index contributed by atoms with van der Waals surface area (Å²) in [5, 5.41) is 21.9. The molecule has 0 aromatic heterocycles. The van der Waals surface area contributed by atoms with Gasteiger partial charge in [0.05, 0.1) is 18.2 Å². The molecular weight excluding hydrogens is 368 g/mol. The lowest BCUT2D eigenvalue weighted by Crippen LogP contribution is -2.28. The fourth-order valence-electron chi connectivity index (χ4n) is 2.73. The average molecular weight is 388 g/mol. The van der Waals surface area contributed by atoms with Gasteiger partial charge in [-0.1, -0.05) is 48.5 Å². The van der Waals surface area contributed by atoms with Gasteiger partial charge in [0.15, 0.2) is 0 Å². The summed E-state index contributed by atoms with van der Waals surface area (Å²) < 4.78 is 10.9. The molecule has 0 fully saturated rings. The van der Waals surface area contributed by atoms with Gasteiger partial charge in [0.25, 0.3) is 0 Å². The molecule has 0 saturated heterocycles. The number of phenolic OH excluding ortho intramolecular Hbond substituents is 1. The third kappa shape index (κ3) is 5.50. The standard InChI is InChI=1S/C23H20N2O4/c24-15-18-10-11-22(20(14-18)19-8-4-5-9-21(19)26)28-13-12-25-23(27)29-16-17-6-2-1-3-7-17/h1-11,14,26H,12-13,16H2,(H,25,27). The summed E-state index contributed by atoms with van der Waals surface area (Å²) >= 11 is 0. The molecule has 3 aromatic rings. The van der Waals surface area contributed by atoms with E-state index in [4.69, 9.17) is 14.7 Å². The van der Waals surface area contributed by atoms with E-state index in [1.165, 1.54) is 0 Å². The first kappa shape index (κ1) is 19.8. The van der Waals surface area contributed by atoms with Gasteiger partial charge < -0.3 is 19.9 Å². The minimum Gasteiger partial charge on any atom is -0.507 e. The minimum atomic E-state index is -0.529. The summed E-state index contributed by atoms with van der Waals surface area (Å²) in [6.45, 7) is 0.640. The molecule has 0 heterocycles. The van der Waals surface area contributed by atoms with Gasteiger partial charge in [-0.15, -0.1) is 0 Å². The van der Waals surface area contributed by atoms with Gasteiger partial charge in [0.1, 0.15) is 24.7 Å². The van der Waals surface area contributed by atoms with Gasteiger partial charge in [0, 0.05) is 11.1 Å². The van der Waals surface area contributed by atoms with Crippen LogP contribution in [-0.2, 0) is 11.3 Å². The summed E-state index contributed by atoms with van der Waals surface area (Å²) in [7, 11) is 0. The van der Waals surface area contributed by atoms with E-state index in [1.54, 1.807) is 42.5 Å². The topological polar surface area (TPSA) is 91.6 Å². The van der Waals surface area contributed by atoms with E-state index < -0.39 is 6.09 Å². The molecule has 29 heavy (non-hydrogen) atoms. The Hall–Kier alpha value is -3.98. The first-order valence-corrected chi connectivity index (χ1v) is 9.07. The van der Waals surface area contributed by atoms with Gasteiger partial charge in [0.2, 0.25) is 0 Å². The molecule has 0 aliphatic carbocycles. The molecule has 0 unspecified atom stereocenters. The Labute approximate surface area is 168 Å². The maximum absolute atomic E-state index is 11.8. The second-order valence-electron chi connectivity index (χ2n) is 6.18. The Morgan fingerprint density at radius 1 is 1.00 bits per heavy atom. The minimum absolute atomic E-state index is 0.0926. The monoisotopic (exact) mass is 388 g/mol. The van der Waals surface area contributed by atoms with Gasteiger partial charge in [-0.3, -0.25) is 0 Å². The fraction of sp³-hybridized carbons (Fsp3) is 0.130. The van der Waals surface area contributed by atoms with Crippen LogP contribution in [0.4, 0.5) is 4.79 Å². The van der Waals surface area contributed by atoms with Gasteiger partial charge >= 0.3 is 6.09 Å². The molecule has 0 aliphatic heterocycles. The van der Waals surface area contributed by atoms with E-state index in [0.717, 1.165) is 5.56 Å². The van der Waals surface area contributed by atoms with Crippen LogP contribution in [0.25, 0.3) is 11.1 Å². The molecular formula is C23H20N2O4. The second-order valence-corrected chi connectivity index (χ2v) is 6.18. The van der Waals surface area contributed by atoms with Crippen molar-refractivity contribution in [3.8, 4) is 28.7 Å². The molecule has 6 nitrogen and oxygen atoms in total. The predicted molar refractivity (Wildman–Crippen MR) is 108 cm³/mol. The summed E-state index contributed by atoms with van der Waals surface area (Å²) in [6.07, 6.45) is -0.529. The molecule has 0 bridgehead atoms. The normalized spacial score (nSPS) is 10.0.